The normalized spacial score (nSPS) is 11.7. The number of hydrogen-bond acceptors (Lipinski definition) is 3. The van der Waals surface area contributed by atoms with Crippen LogP contribution in [-0.2, 0) is 27.4 Å². The highest BCUT2D eigenvalue weighted by Gasteiger charge is 2.37. The summed E-state index contributed by atoms with van der Waals surface area (Å²) in [5.74, 6) is 0. The van der Waals surface area contributed by atoms with E-state index in [4.69, 9.17) is 13.0 Å². The predicted molar refractivity (Wildman–Crippen MR) is 107 cm³/mol. The first-order valence-corrected chi connectivity index (χ1v) is 11.2. The minimum absolute atomic E-state index is 0.0261. The van der Waals surface area contributed by atoms with Crippen LogP contribution in [0, 0.1) is 0 Å². The second kappa shape index (κ2) is 9.96. The highest BCUT2D eigenvalue weighted by Crippen LogP contribution is 2.33. The van der Waals surface area contributed by atoms with Crippen molar-refractivity contribution in [3.63, 3.8) is 0 Å². The van der Waals surface area contributed by atoms with Gasteiger partial charge in [0.2, 0.25) is 0 Å². The Bertz CT molecular complexity index is 967. The van der Waals surface area contributed by atoms with E-state index in [2.05, 4.69) is 91.9 Å². The standard InChI is InChI=1S/C20H19S.CHF3O3S/c1-2-17-11-9-10-16-20(17)21(18-12-5-3-6-13-18)19-14-7-4-8-15-19;2-1(3,4)8(5,6)7/h3-16H,2H2,1H3;(H,5,6,7)/q+1;/p-1. The maximum absolute atomic E-state index is 10.7. The highest BCUT2D eigenvalue weighted by atomic mass is 32.2. The second-order valence-electron chi connectivity index (χ2n) is 5.79. The van der Waals surface area contributed by atoms with E-state index in [1.807, 2.05) is 0 Å². The molecular weight excluding hydrogens is 421 g/mol. The van der Waals surface area contributed by atoms with Crippen molar-refractivity contribution < 1.29 is 26.1 Å². The van der Waals surface area contributed by atoms with E-state index >= 15 is 0 Å². The van der Waals surface area contributed by atoms with Crippen molar-refractivity contribution in [1.82, 2.24) is 0 Å². The molecule has 0 amide bonds. The van der Waals surface area contributed by atoms with Gasteiger partial charge in [-0.2, -0.15) is 13.2 Å². The first kappa shape index (κ1) is 23.0. The Morgan fingerprint density at radius 2 is 1.17 bits per heavy atom. The summed E-state index contributed by atoms with van der Waals surface area (Å²) < 4.78 is 58.9. The first-order valence-electron chi connectivity index (χ1n) is 8.59. The minimum Gasteiger partial charge on any atom is -0.741 e. The molecule has 0 spiro atoms. The molecule has 29 heavy (non-hydrogen) atoms. The van der Waals surface area contributed by atoms with E-state index in [0.29, 0.717) is 0 Å². The maximum atomic E-state index is 10.7. The maximum Gasteiger partial charge on any atom is 0.485 e. The third-order valence-electron chi connectivity index (χ3n) is 3.81. The summed E-state index contributed by atoms with van der Waals surface area (Å²) in [5.41, 5.74) is -4.21. The van der Waals surface area contributed by atoms with Gasteiger partial charge in [0.05, 0.1) is 10.9 Å². The third kappa shape index (κ3) is 6.35. The predicted octanol–water partition coefficient (Wildman–Crippen LogP) is 5.40. The summed E-state index contributed by atoms with van der Waals surface area (Å²) in [5, 5.41) is 0. The molecule has 3 rings (SSSR count). The summed E-state index contributed by atoms with van der Waals surface area (Å²) >= 11 is 0. The molecule has 0 aromatic heterocycles. The quantitative estimate of drug-likeness (QED) is 0.310. The molecule has 0 saturated carbocycles. The van der Waals surface area contributed by atoms with Crippen molar-refractivity contribution in [2.24, 2.45) is 0 Å². The topological polar surface area (TPSA) is 57.2 Å². The summed E-state index contributed by atoms with van der Waals surface area (Å²) in [6.45, 7) is 2.23. The Kier molecular flexibility index (Phi) is 7.89. The highest BCUT2D eigenvalue weighted by molar-refractivity contribution is 7.97. The summed E-state index contributed by atoms with van der Waals surface area (Å²) in [6, 6.07) is 30.5. The fraction of sp³-hybridized carbons (Fsp3) is 0.143. The van der Waals surface area contributed by atoms with Crippen LogP contribution in [0.2, 0.25) is 0 Å². The minimum atomic E-state index is -6.09. The summed E-state index contributed by atoms with van der Waals surface area (Å²) in [6.07, 6.45) is 1.07. The van der Waals surface area contributed by atoms with Crippen molar-refractivity contribution in [2.45, 2.75) is 33.5 Å². The zero-order chi connectivity index (χ0) is 21.5. The van der Waals surface area contributed by atoms with Crippen LogP contribution in [0.4, 0.5) is 13.2 Å². The number of alkyl halides is 3. The monoisotopic (exact) mass is 440 g/mol. The van der Waals surface area contributed by atoms with Gasteiger partial charge in [-0.1, -0.05) is 61.5 Å². The van der Waals surface area contributed by atoms with Crippen molar-refractivity contribution in [3.05, 3.63) is 90.5 Å². The van der Waals surface area contributed by atoms with Gasteiger partial charge in [0, 0.05) is 5.56 Å². The van der Waals surface area contributed by atoms with Gasteiger partial charge in [0.1, 0.15) is 0 Å². The van der Waals surface area contributed by atoms with Gasteiger partial charge in [0.25, 0.3) is 0 Å². The van der Waals surface area contributed by atoms with Gasteiger partial charge in [-0.3, -0.25) is 0 Å². The van der Waals surface area contributed by atoms with E-state index in [0.717, 1.165) is 6.42 Å². The summed E-state index contributed by atoms with van der Waals surface area (Å²) in [4.78, 5) is 4.20. The molecule has 0 radical (unpaired) electrons. The molecule has 0 aliphatic carbocycles. The molecule has 8 heteroatoms. The molecule has 3 aromatic carbocycles. The molecule has 0 bridgehead atoms. The van der Waals surface area contributed by atoms with Gasteiger partial charge in [-0.15, -0.1) is 0 Å². The molecule has 0 heterocycles. The van der Waals surface area contributed by atoms with Gasteiger partial charge >= 0.3 is 5.51 Å². The number of rotatable bonds is 4. The van der Waals surface area contributed by atoms with Crippen LogP contribution in [0.5, 0.6) is 0 Å². The molecule has 0 N–H and O–H groups in total. The van der Waals surface area contributed by atoms with E-state index in [9.17, 15) is 13.2 Å². The lowest BCUT2D eigenvalue weighted by atomic mass is 10.2. The van der Waals surface area contributed by atoms with Crippen LogP contribution >= 0.6 is 0 Å². The Hall–Kier alpha value is -2.29. The van der Waals surface area contributed by atoms with Gasteiger partial charge < -0.3 is 4.55 Å². The molecule has 0 aliphatic rings. The SMILES string of the molecule is CCc1ccccc1[S+](c1ccccc1)c1ccccc1.O=S(=O)([O-])C(F)(F)F. The molecule has 3 aromatic rings. The first-order chi connectivity index (χ1) is 13.6. The van der Waals surface area contributed by atoms with Crippen molar-refractivity contribution >= 4 is 21.0 Å². The molecule has 3 nitrogen and oxygen atoms in total. The van der Waals surface area contributed by atoms with Crippen LogP contribution in [0.15, 0.2) is 99.6 Å². The fourth-order valence-corrected chi connectivity index (χ4v) is 4.83. The van der Waals surface area contributed by atoms with Crippen LogP contribution in [0.1, 0.15) is 12.5 Å². The lowest BCUT2D eigenvalue weighted by Gasteiger charge is -2.10. The molecule has 0 fully saturated rings. The Morgan fingerprint density at radius 1 is 0.793 bits per heavy atom. The molecule has 0 saturated heterocycles. The lowest BCUT2D eigenvalue weighted by molar-refractivity contribution is -0.0517. The Labute approximate surface area is 171 Å². The van der Waals surface area contributed by atoms with Gasteiger partial charge in [-0.25, -0.2) is 8.42 Å². The number of aryl methyl sites for hydroxylation is 1. The van der Waals surface area contributed by atoms with E-state index in [-0.39, 0.29) is 10.9 Å². The van der Waals surface area contributed by atoms with Crippen molar-refractivity contribution in [2.75, 3.05) is 0 Å². The number of halogens is 3. The van der Waals surface area contributed by atoms with Crippen LogP contribution in [0.25, 0.3) is 0 Å². The zero-order valence-electron chi connectivity index (χ0n) is 15.5. The average molecular weight is 441 g/mol. The second-order valence-corrected chi connectivity index (χ2v) is 9.16. The molecular formula is C21H19F3O3S2. The zero-order valence-corrected chi connectivity index (χ0v) is 17.1. The molecule has 0 aliphatic heterocycles. The third-order valence-corrected chi connectivity index (χ3v) is 6.71. The molecule has 0 atom stereocenters. The smallest absolute Gasteiger partial charge is 0.485 e. The van der Waals surface area contributed by atoms with Crippen molar-refractivity contribution in [3.8, 4) is 0 Å². The van der Waals surface area contributed by atoms with E-state index < -0.39 is 15.6 Å². The van der Waals surface area contributed by atoms with Crippen molar-refractivity contribution in [1.29, 1.82) is 0 Å². The molecule has 0 unspecified atom stereocenters. The summed E-state index contributed by atoms with van der Waals surface area (Å²) in [7, 11) is -6.12. The average Bonchev–Trinajstić information content (AvgIpc) is 2.69. The number of hydrogen-bond donors (Lipinski definition) is 0. The van der Waals surface area contributed by atoms with E-state index in [1.165, 1.54) is 20.2 Å². The lowest BCUT2D eigenvalue weighted by Crippen LogP contribution is -2.21. The molecule has 154 valence electrons. The Morgan fingerprint density at radius 3 is 1.55 bits per heavy atom. The Balaban J connectivity index is 0.000000321. The van der Waals surface area contributed by atoms with Crippen LogP contribution in [0.3, 0.4) is 0 Å². The number of benzene rings is 3. The fourth-order valence-electron chi connectivity index (χ4n) is 2.50. The largest absolute Gasteiger partial charge is 0.741 e. The van der Waals surface area contributed by atoms with Crippen LogP contribution < -0.4 is 0 Å². The van der Waals surface area contributed by atoms with E-state index in [1.54, 1.807) is 0 Å². The van der Waals surface area contributed by atoms with Gasteiger partial charge in [-0.05, 0) is 36.8 Å². The van der Waals surface area contributed by atoms with Gasteiger partial charge in [0.15, 0.2) is 24.8 Å². The van der Waals surface area contributed by atoms with Crippen LogP contribution in [-0.4, -0.2) is 18.5 Å².